The third-order valence-corrected chi connectivity index (χ3v) is 7.17. The Balaban J connectivity index is 2.08. The Morgan fingerprint density at radius 3 is 2.44 bits per heavy atom. The highest BCUT2D eigenvalue weighted by molar-refractivity contribution is 6.01. The summed E-state index contributed by atoms with van der Waals surface area (Å²) in [5.74, 6) is -3.91. The molecule has 18 nitrogen and oxygen atoms in total. The minimum Gasteiger partial charge on any atom is -0.490 e. The Bertz CT molecular complexity index is 1290. The maximum atomic E-state index is 13.5. The van der Waals surface area contributed by atoms with Crippen LogP contribution in [-0.4, -0.2) is 102 Å². The lowest BCUT2D eigenvalue weighted by atomic mass is 9.90. The van der Waals surface area contributed by atoms with Gasteiger partial charge in [0.15, 0.2) is 11.5 Å². The number of carbonyl (C=O) groups excluding carboxylic acids is 7. The van der Waals surface area contributed by atoms with Gasteiger partial charge in [0.05, 0.1) is 19.1 Å². The lowest BCUT2D eigenvalue weighted by Gasteiger charge is -2.29. The molecule has 1 heterocycles. The smallest absolute Gasteiger partial charge is 0.490 e. The van der Waals surface area contributed by atoms with E-state index in [9.17, 15) is 43.8 Å². The monoisotopic (exact) mass is 711 g/mol. The number of aliphatic hydroxyl groups excluding tert-OH is 2. The first-order valence-electron chi connectivity index (χ1n) is 16.2. The van der Waals surface area contributed by atoms with E-state index in [2.05, 4.69) is 15.6 Å². The van der Waals surface area contributed by atoms with Gasteiger partial charge in [0.1, 0.15) is 19.0 Å². The van der Waals surface area contributed by atoms with Crippen LogP contribution in [0.25, 0.3) is 0 Å². The number of hydroxylamine groups is 3. The fourth-order valence-corrected chi connectivity index (χ4v) is 4.68. The van der Waals surface area contributed by atoms with Crippen molar-refractivity contribution >= 4 is 42.2 Å². The first kappa shape index (κ1) is 41.5. The second-order valence-corrected chi connectivity index (χ2v) is 11.2. The standard InChI is InChI=1S/C32H45N3O15/c1-3-4-12-33-49-30(43)16-23(17-37)31(34-24(11-13-36)19-45-20-38)25(40)6-5-14-46-27-15-22(7-8-26(27)48-21(2)39)18-47-32(44)50-35-28(41)9-10-29(35)42/h7-8,15,20,23-24,31,33-34,36-37H,3-6,9-14,16-19H2,1-2H3. The van der Waals surface area contributed by atoms with Crippen molar-refractivity contribution < 1.29 is 72.4 Å². The molecule has 1 aromatic carbocycles. The van der Waals surface area contributed by atoms with Crippen LogP contribution in [0, 0.1) is 5.92 Å². The second-order valence-electron chi connectivity index (χ2n) is 11.2. The zero-order valence-corrected chi connectivity index (χ0v) is 28.1. The minimum atomic E-state index is -1.29. The van der Waals surface area contributed by atoms with Gasteiger partial charge >= 0.3 is 18.1 Å². The molecule has 1 aromatic rings. The normalized spacial score (nSPS) is 14.4. The van der Waals surface area contributed by atoms with Crippen molar-refractivity contribution in [1.29, 1.82) is 0 Å². The zero-order valence-electron chi connectivity index (χ0n) is 28.1. The van der Waals surface area contributed by atoms with Crippen molar-refractivity contribution in [2.24, 2.45) is 5.92 Å². The number of benzene rings is 1. The molecule has 1 fully saturated rings. The van der Waals surface area contributed by atoms with Gasteiger partial charge < -0.3 is 39.3 Å². The number of hydrogen-bond donors (Lipinski definition) is 4. The van der Waals surface area contributed by atoms with Crippen LogP contribution in [0.2, 0.25) is 0 Å². The Morgan fingerprint density at radius 2 is 1.80 bits per heavy atom. The van der Waals surface area contributed by atoms with E-state index in [1.165, 1.54) is 25.1 Å². The van der Waals surface area contributed by atoms with Crippen LogP contribution >= 0.6 is 0 Å². The first-order valence-corrected chi connectivity index (χ1v) is 16.2. The van der Waals surface area contributed by atoms with Gasteiger partial charge in [-0.3, -0.25) is 33.6 Å². The highest BCUT2D eigenvalue weighted by Crippen LogP contribution is 2.29. The maximum Gasteiger partial charge on any atom is 0.534 e. The molecule has 4 N–H and O–H groups in total. The largest absolute Gasteiger partial charge is 0.534 e. The predicted molar refractivity (Wildman–Crippen MR) is 168 cm³/mol. The number of ketones is 1. The molecule has 0 bridgehead atoms. The molecule has 1 aliphatic heterocycles. The van der Waals surface area contributed by atoms with Gasteiger partial charge in [-0.15, -0.1) is 0 Å². The molecule has 50 heavy (non-hydrogen) atoms. The second kappa shape index (κ2) is 22.9. The van der Waals surface area contributed by atoms with E-state index < -0.39 is 60.3 Å². The molecule has 1 aliphatic rings. The van der Waals surface area contributed by atoms with Gasteiger partial charge in [-0.25, -0.2) is 4.79 Å². The summed E-state index contributed by atoms with van der Waals surface area (Å²) in [6, 6.07) is 2.51. The molecule has 2 rings (SSSR count). The molecule has 3 unspecified atom stereocenters. The van der Waals surface area contributed by atoms with E-state index in [0.29, 0.717) is 17.2 Å². The van der Waals surface area contributed by atoms with Crippen molar-refractivity contribution in [3.8, 4) is 11.5 Å². The molecule has 0 aromatic heterocycles. The Kier molecular flexibility index (Phi) is 19.0. The molecular weight excluding hydrogens is 666 g/mol. The van der Waals surface area contributed by atoms with Gasteiger partial charge in [-0.2, -0.15) is 5.48 Å². The van der Waals surface area contributed by atoms with E-state index in [1.807, 2.05) is 6.92 Å². The molecule has 0 aliphatic carbocycles. The van der Waals surface area contributed by atoms with Gasteiger partial charge in [0, 0.05) is 57.9 Å². The Hall–Kier alpha value is -4.65. The van der Waals surface area contributed by atoms with Crippen LogP contribution in [-0.2, 0) is 54.5 Å². The number of ether oxygens (including phenoxy) is 4. The van der Waals surface area contributed by atoms with Crippen LogP contribution in [0.1, 0.15) is 70.8 Å². The number of rotatable bonds is 25. The summed E-state index contributed by atoms with van der Waals surface area (Å²) in [7, 11) is 0. The number of Topliss-reactive ketones (excluding diaryl/α,β-unsaturated/α-hetero) is 1. The first-order chi connectivity index (χ1) is 24.0. The van der Waals surface area contributed by atoms with Gasteiger partial charge in [-0.1, -0.05) is 24.5 Å². The number of nitrogens with zero attached hydrogens (tertiary/aromatic N) is 1. The van der Waals surface area contributed by atoms with E-state index in [1.54, 1.807) is 0 Å². The summed E-state index contributed by atoms with van der Waals surface area (Å²) >= 11 is 0. The van der Waals surface area contributed by atoms with Crippen molar-refractivity contribution in [3.63, 3.8) is 0 Å². The van der Waals surface area contributed by atoms with Crippen LogP contribution < -0.4 is 20.3 Å². The number of hydrogen-bond acceptors (Lipinski definition) is 17. The van der Waals surface area contributed by atoms with Crippen LogP contribution in [0.3, 0.4) is 0 Å². The molecule has 3 atom stereocenters. The fourth-order valence-electron chi connectivity index (χ4n) is 4.68. The van der Waals surface area contributed by atoms with Crippen molar-refractivity contribution in [1.82, 2.24) is 15.9 Å². The lowest BCUT2D eigenvalue weighted by Crippen LogP contribution is -2.51. The molecular formula is C32H45N3O15. The van der Waals surface area contributed by atoms with Gasteiger partial charge in [0.2, 0.25) is 0 Å². The van der Waals surface area contributed by atoms with E-state index in [4.69, 9.17) is 23.8 Å². The summed E-state index contributed by atoms with van der Waals surface area (Å²) in [5, 5.41) is 23.0. The third-order valence-electron chi connectivity index (χ3n) is 7.17. The number of nitrogens with one attached hydrogen (secondary N) is 2. The number of unbranched alkanes of at least 4 members (excludes halogenated alkanes) is 1. The lowest BCUT2D eigenvalue weighted by molar-refractivity contribution is -0.177. The van der Waals surface area contributed by atoms with Crippen LogP contribution in [0.15, 0.2) is 18.2 Å². The molecule has 0 radical (unpaired) electrons. The average Bonchev–Trinajstić information content (AvgIpc) is 3.40. The molecule has 0 saturated carbocycles. The van der Waals surface area contributed by atoms with Crippen molar-refractivity contribution in [2.75, 3.05) is 33.0 Å². The molecule has 1 saturated heterocycles. The van der Waals surface area contributed by atoms with E-state index in [0.717, 1.165) is 12.8 Å². The molecule has 0 spiro atoms. The molecule has 2 amide bonds. The summed E-state index contributed by atoms with van der Waals surface area (Å²) in [6.07, 6.45) is -0.0198. The quantitative estimate of drug-likeness (QED) is 0.0208. The highest BCUT2D eigenvalue weighted by Gasteiger charge is 2.34. The van der Waals surface area contributed by atoms with Gasteiger partial charge in [-0.05, 0) is 37.0 Å². The zero-order chi connectivity index (χ0) is 36.9. The van der Waals surface area contributed by atoms with E-state index in [-0.39, 0.29) is 82.9 Å². The summed E-state index contributed by atoms with van der Waals surface area (Å²) in [4.78, 5) is 93.4. The SMILES string of the molecule is CCCCNOC(=O)CC(CO)C(NC(CCO)COC=O)C(=O)CCCOc1cc(COC(=O)ON2C(=O)CCC2=O)ccc1OC(C)=O. The predicted octanol–water partition coefficient (Wildman–Crippen LogP) is 0.786. The van der Waals surface area contributed by atoms with Crippen LogP contribution in [0.4, 0.5) is 4.79 Å². The third kappa shape index (κ3) is 14.9. The number of amides is 2. The molecule has 18 heteroatoms. The van der Waals surface area contributed by atoms with Crippen molar-refractivity contribution in [2.45, 2.75) is 83.9 Å². The highest BCUT2D eigenvalue weighted by atomic mass is 16.8. The van der Waals surface area contributed by atoms with Crippen molar-refractivity contribution in [3.05, 3.63) is 23.8 Å². The summed E-state index contributed by atoms with van der Waals surface area (Å²) in [5.41, 5.74) is 2.91. The van der Waals surface area contributed by atoms with E-state index >= 15 is 0 Å². The minimum absolute atomic E-state index is 0.0383. The summed E-state index contributed by atoms with van der Waals surface area (Å²) < 4.78 is 20.8. The Labute approximate surface area is 288 Å². The Morgan fingerprint density at radius 1 is 1.06 bits per heavy atom. The number of aliphatic hydroxyl groups is 2. The maximum absolute atomic E-state index is 13.5. The number of imide groups is 1. The average molecular weight is 712 g/mol. The van der Waals surface area contributed by atoms with Gasteiger partial charge in [0.25, 0.3) is 18.3 Å². The summed E-state index contributed by atoms with van der Waals surface area (Å²) in [6.45, 7) is 2.33. The van der Waals surface area contributed by atoms with Crippen LogP contribution in [0.5, 0.6) is 11.5 Å². The number of esters is 1. The molecule has 278 valence electrons. The number of carbonyl (C=O) groups is 7. The topological polar surface area (TPSA) is 243 Å². The fraction of sp³-hybridized carbons (Fsp3) is 0.594.